The molecule has 9 rings (SSSR count). The molecule has 68 heavy (non-hydrogen) atoms. The van der Waals surface area contributed by atoms with Crippen molar-refractivity contribution in [2.45, 2.75) is 86.7 Å². The molecule has 0 bridgehead atoms. The van der Waals surface area contributed by atoms with Crippen molar-refractivity contribution in [1.29, 1.82) is 0 Å². The number of aliphatic hydroxyl groups is 2. The Morgan fingerprint density at radius 2 is 1.51 bits per heavy atom. The summed E-state index contributed by atoms with van der Waals surface area (Å²) in [6.07, 6.45) is 5.33. The number of nitrogens with one attached hydrogen (secondary N) is 2. The minimum absolute atomic E-state index is 0.0149. The largest absolute Gasteiger partial charge is 0.491 e. The fourth-order valence-corrected chi connectivity index (χ4v) is 10.9. The molecule has 5 aromatic carbocycles. The number of rotatable bonds is 11. The van der Waals surface area contributed by atoms with E-state index in [0.717, 1.165) is 41.7 Å². The quantitative estimate of drug-likeness (QED) is 0.0447. The van der Waals surface area contributed by atoms with Gasteiger partial charge in [0.25, 0.3) is 0 Å². The summed E-state index contributed by atoms with van der Waals surface area (Å²) < 4.78 is 12.6. The van der Waals surface area contributed by atoms with Crippen LogP contribution in [0.15, 0.2) is 146 Å². The number of hydrogen-bond acceptors (Lipinski definition) is 9. The number of fused-ring (bicyclic) bond motifs is 3. The molecule has 0 aromatic heterocycles. The highest BCUT2D eigenvalue weighted by molar-refractivity contribution is 6.24. The number of nitrogens with zero attached hydrogens (tertiary/aromatic N) is 2. The molecule has 348 valence electrons. The summed E-state index contributed by atoms with van der Waals surface area (Å²) in [5, 5.41) is 27.5. The SMILES string of the molecule is C=CCNC(=O)[C@@H]1[C@H]2C(=O)O[C@H](c3ccccc3)[C@H](c3ccccc3)N2[C@H](c2cccc(OCCO)c2)[C@@]12C(=O)N(C(=O)N[C@H](C)c1ccccc1)c1ccc(C#CC3(O)CCCCCC3)cc12. The van der Waals surface area contributed by atoms with Gasteiger partial charge in [-0.2, -0.15) is 0 Å². The number of anilines is 1. The summed E-state index contributed by atoms with van der Waals surface area (Å²) in [4.78, 5) is 65.5. The predicted molar refractivity (Wildman–Crippen MR) is 257 cm³/mol. The third kappa shape index (κ3) is 8.47. The molecule has 7 atom stereocenters. The lowest BCUT2D eigenvalue weighted by atomic mass is 9.65. The number of benzene rings is 5. The fraction of sp³-hybridized carbons (Fsp3) is 0.321. The molecule has 1 spiro atoms. The summed E-state index contributed by atoms with van der Waals surface area (Å²) in [6, 6.07) is 36.0. The Bertz CT molecular complexity index is 2730. The Balaban J connectivity index is 1.34. The van der Waals surface area contributed by atoms with Gasteiger partial charge in [0.05, 0.1) is 36.3 Å². The summed E-state index contributed by atoms with van der Waals surface area (Å²) in [5.41, 5.74) is 0.498. The van der Waals surface area contributed by atoms with Crippen molar-refractivity contribution in [2.75, 3.05) is 24.7 Å². The van der Waals surface area contributed by atoms with Crippen LogP contribution in [0.25, 0.3) is 0 Å². The molecule has 0 unspecified atom stereocenters. The van der Waals surface area contributed by atoms with Gasteiger partial charge >= 0.3 is 12.0 Å². The minimum atomic E-state index is -2.03. The Hall–Kier alpha value is -7.04. The zero-order valence-corrected chi connectivity index (χ0v) is 38.1. The molecule has 12 heteroatoms. The zero-order valence-electron chi connectivity index (χ0n) is 38.1. The smallest absolute Gasteiger partial charge is 0.329 e. The van der Waals surface area contributed by atoms with Crippen LogP contribution < -0.4 is 20.3 Å². The average molecular weight is 913 g/mol. The zero-order chi connectivity index (χ0) is 47.4. The van der Waals surface area contributed by atoms with Gasteiger partial charge in [-0.1, -0.05) is 134 Å². The van der Waals surface area contributed by atoms with Crippen molar-refractivity contribution in [3.05, 3.63) is 179 Å². The van der Waals surface area contributed by atoms with Crippen LogP contribution in [0.3, 0.4) is 0 Å². The number of ether oxygens (including phenoxy) is 2. The molecule has 12 nitrogen and oxygen atoms in total. The first-order valence-electron chi connectivity index (χ1n) is 23.5. The van der Waals surface area contributed by atoms with Gasteiger partial charge in [0.2, 0.25) is 11.8 Å². The van der Waals surface area contributed by atoms with Crippen molar-refractivity contribution in [3.63, 3.8) is 0 Å². The lowest BCUT2D eigenvalue weighted by molar-refractivity contribution is -0.178. The third-order valence-corrected chi connectivity index (χ3v) is 13.9. The topological polar surface area (TPSA) is 158 Å². The first-order chi connectivity index (χ1) is 33.1. The average Bonchev–Trinajstić information content (AvgIpc) is 3.70. The molecule has 2 saturated heterocycles. The van der Waals surface area contributed by atoms with Crippen molar-refractivity contribution >= 4 is 29.5 Å². The number of morpholine rings is 1. The van der Waals surface area contributed by atoms with Crippen LogP contribution in [-0.2, 0) is 24.5 Å². The maximum Gasteiger partial charge on any atom is 0.329 e. The van der Waals surface area contributed by atoms with Crippen LogP contribution in [0.1, 0.15) is 103 Å². The van der Waals surface area contributed by atoms with Crippen LogP contribution in [0.5, 0.6) is 5.75 Å². The molecule has 4 aliphatic rings. The van der Waals surface area contributed by atoms with Crippen LogP contribution in [0, 0.1) is 17.8 Å². The number of carbonyl (C=O) groups is 4. The van der Waals surface area contributed by atoms with Crippen molar-refractivity contribution in [2.24, 2.45) is 5.92 Å². The monoisotopic (exact) mass is 912 g/mol. The van der Waals surface area contributed by atoms with E-state index >= 15 is 19.2 Å². The van der Waals surface area contributed by atoms with Crippen LogP contribution in [0.2, 0.25) is 0 Å². The molecule has 1 aliphatic carbocycles. The molecule has 3 heterocycles. The lowest BCUT2D eigenvalue weighted by Gasteiger charge is -2.46. The Labute approximate surface area is 397 Å². The Morgan fingerprint density at radius 3 is 2.19 bits per heavy atom. The maximum atomic E-state index is 16.6. The second kappa shape index (κ2) is 19.7. The number of carbonyl (C=O) groups excluding carboxylic acids is 4. The van der Waals surface area contributed by atoms with E-state index in [4.69, 9.17) is 9.47 Å². The number of amides is 4. The summed E-state index contributed by atoms with van der Waals surface area (Å²) in [6.45, 7) is 5.41. The molecule has 4 N–H and O–H groups in total. The van der Waals surface area contributed by atoms with E-state index in [1.165, 1.54) is 6.08 Å². The molecule has 0 radical (unpaired) electrons. The number of imide groups is 1. The number of esters is 1. The number of hydrogen-bond donors (Lipinski definition) is 4. The van der Waals surface area contributed by atoms with Crippen molar-refractivity contribution < 1.29 is 38.9 Å². The first-order valence-corrected chi connectivity index (χ1v) is 23.5. The van der Waals surface area contributed by atoms with Gasteiger partial charge < -0.3 is 30.3 Å². The van der Waals surface area contributed by atoms with E-state index in [1.807, 2.05) is 109 Å². The van der Waals surface area contributed by atoms with Gasteiger partial charge in [0, 0.05) is 12.1 Å². The molecule has 1 saturated carbocycles. The highest BCUT2D eigenvalue weighted by Crippen LogP contribution is 2.66. The fourth-order valence-electron chi connectivity index (χ4n) is 10.9. The van der Waals surface area contributed by atoms with E-state index < -0.39 is 71.0 Å². The van der Waals surface area contributed by atoms with E-state index in [1.54, 1.807) is 36.4 Å². The predicted octanol–water partition coefficient (Wildman–Crippen LogP) is 7.93. The van der Waals surface area contributed by atoms with Gasteiger partial charge in [-0.05, 0) is 90.8 Å². The highest BCUT2D eigenvalue weighted by atomic mass is 16.6. The second-order valence-electron chi connectivity index (χ2n) is 18.1. The third-order valence-electron chi connectivity index (χ3n) is 13.9. The lowest BCUT2D eigenvalue weighted by Crippen LogP contribution is -2.56. The van der Waals surface area contributed by atoms with Gasteiger partial charge in [0.1, 0.15) is 35.5 Å². The van der Waals surface area contributed by atoms with E-state index in [0.29, 0.717) is 40.8 Å². The molecule has 4 amide bonds. The van der Waals surface area contributed by atoms with Gasteiger partial charge in [-0.3, -0.25) is 19.3 Å². The molecule has 5 aromatic rings. The van der Waals surface area contributed by atoms with Crippen LogP contribution >= 0.6 is 0 Å². The number of urea groups is 1. The van der Waals surface area contributed by atoms with Crippen molar-refractivity contribution in [1.82, 2.24) is 15.5 Å². The van der Waals surface area contributed by atoms with Crippen LogP contribution in [0.4, 0.5) is 10.5 Å². The molecular formula is C56H56N4O8. The van der Waals surface area contributed by atoms with E-state index in [-0.39, 0.29) is 25.4 Å². The highest BCUT2D eigenvalue weighted by Gasteiger charge is 2.75. The number of aliphatic hydroxyl groups excluding tert-OH is 1. The maximum absolute atomic E-state index is 16.6. The van der Waals surface area contributed by atoms with Gasteiger partial charge in [-0.15, -0.1) is 6.58 Å². The van der Waals surface area contributed by atoms with Crippen molar-refractivity contribution in [3.8, 4) is 17.6 Å². The first kappa shape index (κ1) is 46.1. The molecule has 3 aliphatic heterocycles. The Kier molecular flexibility index (Phi) is 13.3. The summed E-state index contributed by atoms with van der Waals surface area (Å²) in [7, 11) is 0. The van der Waals surface area contributed by atoms with E-state index in [2.05, 4.69) is 29.1 Å². The van der Waals surface area contributed by atoms with Gasteiger partial charge in [-0.25, -0.2) is 9.69 Å². The van der Waals surface area contributed by atoms with Crippen LogP contribution in [-0.4, -0.2) is 70.3 Å². The second-order valence-corrected chi connectivity index (χ2v) is 18.1. The summed E-state index contributed by atoms with van der Waals surface area (Å²) in [5.74, 6) is 3.21. The molecule has 3 fully saturated rings. The molecular weight excluding hydrogens is 857 g/mol. The Morgan fingerprint density at radius 1 is 0.853 bits per heavy atom. The normalized spacial score (nSPS) is 24.3. The minimum Gasteiger partial charge on any atom is -0.491 e. The van der Waals surface area contributed by atoms with E-state index in [9.17, 15) is 10.2 Å². The summed E-state index contributed by atoms with van der Waals surface area (Å²) >= 11 is 0. The van der Waals surface area contributed by atoms with Gasteiger partial charge in [0.15, 0.2) is 0 Å². The number of cyclic esters (lactones) is 1. The standard InChI is InChI=1S/C56H56N4O8/c1-3-32-57-51(62)46-48-52(63)68-49(41-22-13-8-14-23-41)47(40-20-11-7-12-21-40)60(48)50(42-24-17-25-43(36-42)67-34-33-61)56(46)44-35-38(28-31-55(66)29-15-4-5-16-30-55)26-27-45(44)59(53(56)64)54(65)58-37(2)39-18-9-6-10-19-39/h3,6-14,17-27,35-37,46-50,61,66H,1,4-5,15-16,29-30,32-34H2,2H3,(H,57,62)(H,58,65)/t37-,46+,47+,48+,49-,50-,56+/m1/s1.